The zero-order chi connectivity index (χ0) is 26.9. The van der Waals surface area contributed by atoms with Gasteiger partial charge in [0.2, 0.25) is 0 Å². The lowest BCUT2D eigenvalue weighted by molar-refractivity contribution is -0.143. The zero-order valence-electron chi connectivity index (χ0n) is 21.4. The van der Waals surface area contributed by atoms with Crippen molar-refractivity contribution in [2.24, 2.45) is 5.92 Å². The van der Waals surface area contributed by atoms with Crippen molar-refractivity contribution >= 4 is 23.4 Å². The fourth-order valence-corrected chi connectivity index (χ4v) is 5.34. The van der Waals surface area contributed by atoms with Gasteiger partial charge < -0.3 is 30.3 Å². The number of morpholine rings is 1. The Balaban J connectivity index is 1.35. The van der Waals surface area contributed by atoms with Crippen molar-refractivity contribution < 1.29 is 27.8 Å². The van der Waals surface area contributed by atoms with E-state index in [0.29, 0.717) is 44.7 Å². The maximum Gasteiger partial charge on any atom is 0.389 e. The van der Waals surface area contributed by atoms with Gasteiger partial charge in [0, 0.05) is 44.3 Å². The molecule has 2 saturated heterocycles. The fourth-order valence-electron chi connectivity index (χ4n) is 5.34. The Kier molecular flexibility index (Phi) is 7.67. The summed E-state index contributed by atoms with van der Waals surface area (Å²) in [6.45, 7) is 5.13. The van der Waals surface area contributed by atoms with Crippen molar-refractivity contribution in [1.82, 2.24) is 9.88 Å². The van der Waals surface area contributed by atoms with Crippen LogP contribution in [0.2, 0.25) is 0 Å². The summed E-state index contributed by atoms with van der Waals surface area (Å²) in [6.07, 6.45) is -3.66. The molecule has 8 nitrogen and oxygen atoms in total. The van der Waals surface area contributed by atoms with Crippen LogP contribution in [-0.4, -0.2) is 78.7 Å². The number of pyridine rings is 1. The second-order valence-electron chi connectivity index (χ2n) is 10.5. The fraction of sp³-hybridized carbons (Fsp3) is 0.556. The van der Waals surface area contributed by atoms with Crippen molar-refractivity contribution in [3.8, 4) is 11.1 Å². The van der Waals surface area contributed by atoms with Gasteiger partial charge in [-0.25, -0.2) is 9.78 Å². The zero-order valence-corrected chi connectivity index (χ0v) is 21.4. The van der Waals surface area contributed by atoms with Crippen molar-refractivity contribution in [1.29, 1.82) is 0 Å². The lowest BCUT2D eigenvalue weighted by Gasteiger charge is -2.33. The molecule has 1 atom stereocenters. The van der Waals surface area contributed by atoms with Crippen molar-refractivity contribution in [3.05, 3.63) is 35.9 Å². The maximum atomic E-state index is 12.8. The molecule has 0 bridgehead atoms. The van der Waals surface area contributed by atoms with Crippen LogP contribution in [0, 0.1) is 12.8 Å². The highest BCUT2D eigenvalue weighted by atomic mass is 19.4. The molecule has 206 valence electrons. The van der Waals surface area contributed by atoms with Gasteiger partial charge in [0.15, 0.2) is 0 Å². The first-order valence-corrected chi connectivity index (χ1v) is 13.2. The molecule has 3 fully saturated rings. The van der Waals surface area contributed by atoms with Crippen LogP contribution in [0.5, 0.6) is 0 Å². The van der Waals surface area contributed by atoms with Crippen molar-refractivity contribution in [3.63, 3.8) is 0 Å². The predicted molar refractivity (Wildman–Crippen MR) is 139 cm³/mol. The number of aliphatic hydroxyl groups is 1. The van der Waals surface area contributed by atoms with Gasteiger partial charge in [-0.1, -0.05) is 6.07 Å². The summed E-state index contributed by atoms with van der Waals surface area (Å²) < 4.78 is 43.8. The highest BCUT2D eigenvalue weighted by molar-refractivity contribution is 5.91. The molecule has 2 aliphatic heterocycles. The topological polar surface area (TPSA) is 90.0 Å². The van der Waals surface area contributed by atoms with Gasteiger partial charge in [0.25, 0.3) is 0 Å². The van der Waals surface area contributed by atoms with Gasteiger partial charge in [0.05, 0.1) is 19.3 Å². The molecule has 1 saturated carbocycles. The van der Waals surface area contributed by atoms with Gasteiger partial charge >= 0.3 is 12.2 Å². The van der Waals surface area contributed by atoms with E-state index in [0.717, 1.165) is 41.4 Å². The average molecular weight is 534 g/mol. The number of nitrogens with zero attached hydrogens (tertiary/aromatic N) is 3. The van der Waals surface area contributed by atoms with E-state index in [1.165, 1.54) is 4.90 Å². The molecular weight excluding hydrogens is 499 g/mol. The highest BCUT2D eigenvalue weighted by Crippen LogP contribution is 2.34. The first kappa shape index (κ1) is 26.6. The van der Waals surface area contributed by atoms with Gasteiger partial charge in [-0.3, -0.25) is 0 Å². The molecule has 5 rings (SSSR count). The standard InChI is InChI=1S/C27H34F3N5O3/c1-17-2-3-20(32-26(37)35-5-4-18(16-35)15-27(28,29)30)14-23(17)19-10-24(31-21-12-22(36)13-21)33-25(11-19)34-6-8-38-9-7-34/h2-3,10-11,14,18,21-22,36H,4-9,12-13,15-16H2,1H3,(H,31,33)(H,32,37)/t18-,21-,22-/m0/s1. The quantitative estimate of drug-likeness (QED) is 0.502. The van der Waals surface area contributed by atoms with Gasteiger partial charge in [-0.05, 0) is 73.1 Å². The van der Waals surface area contributed by atoms with E-state index < -0.39 is 18.5 Å². The second-order valence-corrected chi connectivity index (χ2v) is 10.5. The lowest BCUT2D eigenvalue weighted by atomic mass is 9.89. The van der Waals surface area contributed by atoms with E-state index in [1.807, 2.05) is 31.2 Å². The van der Waals surface area contributed by atoms with E-state index in [-0.39, 0.29) is 24.7 Å². The number of hydrogen-bond acceptors (Lipinski definition) is 6. The Morgan fingerprint density at radius 2 is 1.92 bits per heavy atom. The molecule has 0 spiro atoms. The summed E-state index contributed by atoms with van der Waals surface area (Å²) in [5.41, 5.74) is 3.45. The van der Waals surface area contributed by atoms with Crippen molar-refractivity contribution in [2.75, 3.05) is 54.9 Å². The van der Waals surface area contributed by atoms with E-state index in [4.69, 9.17) is 9.72 Å². The number of benzene rings is 1. The molecule has 1 aromatic heterocycles. The maximum absolute atomic E-state index is 12.8. The second kappa shape index (κ2) is 11.0. The number of ether oxygens (including phenoxy) is 1. The van der Waals surface area contributed by atoms with Gasteiger partial charge in [-0.2, -0.15) is 13.2 Å². The number of urea groups is 1. The first-order chi connectivity index (χ1) is 18.1. The number of hydrogen-bond donors (Lipinski definition) is 3. The summed E-state index contributed by atoms with van der Waals surface area (Å²) >= 11 is 0. The minimum Gasteiger partial charge on any atom is -0.393 e. The third kappa shape index (κ3) is 6.50. The van der Waals surface area contributed by atoms with E-state index in [9.17, 15) is 23.1 Å². The van der Waals surface area contributed by atoms with Crippen LogP contribution in [0.15, 0.2) is 30.3 Å². The third-order valence-electron chi connectivity index (χ3n) is 7.51. The Labute approximate surface area is 220 Å². The van der Waals surface area contributed by atoms with Gasteiger partial charge in [0.1, 0.15) is 11.6 Å². The summed E-state index contributed by atoms with van der Waals surface area (Å²) in [5, 5.41) is 16.0. The Morgan fingerprint density at radius 3 is 2.63 bits per heavy atom. The number of nitrogens with one attached hydrogen (secondary N) is 2. The monoisotopic (exact) mass is 533 g/mol. The van der Waals surface area contributed by atoms with Gasteiger partial charge in [-0.15, -0.1) is 0 Å². The smallest absolute Gasteiger partial charge is 0.389 e. The van der Waals surface area contributed by atoms with Crippen LogP contribution in [0.25, 0.3) is 11.1 Å². The number of alkyl halides is 3. The largest absolute Gasteiger partial charge is 0.393 e. The molecule has 3 heterocycles. The molecule has 2 amide bonds. The highest BCUT2D eigenvalue weighted by Gasteiger charge is 2.36. The molecule has 38 heavy (non-hydrogen) atoms. The summed E-state index contributed by atoms with van der Waals surface area (Å²) in [5.74, 6) is 0.991. The number of anilines is 3. The van der Waals surface area contributed by atoms with E-state index >= 15 is 0 Å². The minimum absolute atomic E-state index is 0.0994. The van der Waals surface area contributed by atoms with E-state index in [2.05, 4.69) is 15.5 Å². The molecule has 2 aromatic rings. The van der Waals surface area contributed by atoms with Crippen LogP contribution in [0.3, 0.4) is 0 Å². The third-order valence-corrected chi connectivity index (χ3v) is 7.51. The summed E-state index contributed by atoms with van der Waals surface area (Å²) in [7, 11) is 0. The number of carbonyl (C=O) groups excluding carboxylic acids is 1. The summed E-state index contributed by atoms with van der Waals surface area (Å²) in [6, 6.07) is 9.40. The molecule has 0 unspecified atom stereocenters. The van der Waals surface area contributed by atoms with Crippen LogP contribution < -0.4 is 15.5 Å². The molecule has 0 radical (unpaired) electrons. The molecule has 3 aliphatic rings. The number of amides is 2. The number of carbonyl (C=O) groups is 1. The SMILES string of the molecule is Cc1ccc(NC(=O)N2CC[C@@H](CC(F)(F)F)C2)cc1-c1cc(N[C@H]2C[C@H](O)C2)nc(N2CCOCC2)c1. The Bertz CT molecular complexity index is 1150. The lowest BCUT2D eigenvalue weighted by Crippen LogP contribution is -2.39. The summed E-state index contributed by atoms with van der Waals surface area (Å²) in [4.78, 5) is 21.3. The minimum atomic E-state index is -4.22. The number of halogens is 3. The molecule has 3 N–H and O–H groups in total. The normalized spacial score (nSPS) is 23.8. The Hall–Kier alpha value is -3.05. The van der Waals surface area contributed by atoms with Crippen LogP contribution in [0.4, 0.5) is 35.3 Å². The van der Waals surface area contributed by atoms with Crippen LogP contribution in [-0.2, 0) is 4.74 Å². The van der Waals surface area contributed by atoms with Crippen LogP contribution in [0.1, 0.15) is 31.2 Å². The molecular formula is C27H34F3N5O3. The number of rotatable bonds is 6. The van der Waals surface area contributed by atoms with E-state index in [1.54, 1.807) is 6.07 Å². The average Bonchev–Trinajstić information content (AvgIpc) is 3.31. The predicted octanol–water partition coefficient (Wildman–Crippen LogP) is 4.64. The molecule has 1 aliphatic carbocycles. The molecule has 1 aromatic carbocycles. The first-order valence-electron chi connectivity index (χ1n) is 13.2. The van der Waals surface area contributed by atoms with Crippen LogP contribution >= 0.6 is 0 Å². The number of aromatic nitrogens is 1. The number of aliphatic hydroxyl groups excluding tert-OH is 1. The Morgan fingerprint density at radius 1 is 1.16 bits per heavy atom. The number of aryl methyl sites for hydroxylation is 1. The number of likely N-dealkylation sites (tertiary alicyclic amines) is 1. The van der Waals surface area contributed by atoms with Crippen molar-refractivity contribution in [2.45, 2.75) is 50.9 Å². The molecule has 11 heteroatoms.